The van der Waals surface area contributed by atoms with Gasteiger partial charge in [0.2, 0.25) is 10.0 Å². The third-order valence-corrected chi connectivity index (χ3v) is 4.06. The molecule has 0 spiro atoms. The molecule has 0 bridgehead atoms. The Balaban J connectivity index is 0.000000567. The van der Waals surface area contributed by atoms with E-state index in [9.17, 15) is 18.0 Å². The molecule has 0 saturated heterocycles. The van der Waals surface area contributed by atoms with Gasteiger partial charge in [0.1, 0.15) is 6.54 Å². The third kappa shape index (κ3) is 8.67. The number of rotatable bonds is 6. The molecule has 0 aliphatic heterocycles. The molecule has 0 heterocycles. The van der Waals surface area contributed by atoms with Gasteiger partial charge in [0.25, 0.3) is 0 Å². The van der Waals surface area contributed by atoms with Crippen molar-refractivity contribution in [3.8, 4) is 0 Å². The summed E-state index contributed by atoms with van der Waals surface area (Å²) in [6.45, 7) is 1.22. The van der Waals surface area contributed by atoms with Gasteiger partial charge in [-0.25, -0.2) is 8.42 Å². The normalized spacial score (nSPS) is 10.4. The summed E-state index contributed by atoms with van der Waals surface area (Å²) >= 11 is 10.0. The molecule has 0 unspecified atom stereocenters. The topological polar surface area (TPSA) is 101 Å². The number of aliphatic carboxylic acids is 1. The molecule has 1 aromatic carbocycles. The minimum Gasteiger partial charge on any atom is -0.480 e. The van der Waals surface area contributed by atoms with Gasteiger partial charge in [-0.15, -0.1) is 23.2 Å². The van der Waals surface area contributed by atoms with Crippen molar-refractivity contribution in [2.45, 2.75) is 11.8 Å². The Morgan fingerprint density at radius 2 is 1.62 bits per heavy atom. The summed E-state index contributed by atoms with van der Waals surface area (Å²) in [5.74, 6) is -1.28. The highest BCUT2D eigenvalue weighted by atomic mass is 35.5. The van der Waals surface area contributed by atoms with Crippen molar-refractivity contribution in [3.05, 3.63) is 29.8 Å². The summed E-state index contributed by atoms with van der Waals surface area (Å²) in [5, 5.41) is 8.34. The number of carbonyl (C=O) groups excluding carboxylic acids is 1. The predicted octanol–water partition coefficient (Wildman–Crippen LogP) is 1.39. The highest BCUT2D eigenvalue weighted by molar-refractivity contribution is 7.89. The fourth-order valence-electron chi connectivity index (χ4n) is 0.993. The van der Waals surface area contributed by atoms with Crippen LogP contribution in [0.4, 0.5) is 0 Å². The molecule has 0 aliphatic rings. The fourth-order valence-corrected chi connectivity index (χ4v) is 2.25. The number of ketones is 1. The third-order valence-electron chi connectivity index (χ3n) is 2.04. The molecule has 1 rings (SSSR count). The number of hydrogen-bond acceptors (Lipinski definition) is 4. The van der Waals surface area contributed by atoms with E-state index < -0.39 is 22.5 Å². The number of carboxylic acid groups (broad SMARTS) is 1. The van der Waals surface area contributed by atoms with Crippen LogP contribution < -0.4 is 4.72 Å². The summed E-state index contributed by atoms with van der Waals surface area (Å²) in [6.07, 6.45) is 0. The smallest absolute Gasteiger partial charge is 0.318 e. The Morgan fingerprint density at radius 3 is 1.95 bits per heavy atom. The maximum absolute atomic E-state index is 11.5. The number of benzene rings is 1. The number of hydrogen-bond donors (Lipinski definition) is 2. The largest absolute Gasteiger partial charge is 0.480 e. The van der Waals surface area contributed by atoms with Crippen molar-refractivity contribution in [1.82, 2.24) is 4.72 Å². The molecule has 1 aromatic rings. The number of nitrogens with one attached hydrogen (secondary N) is 1. The average molecular weight is 356 g/mol. The average Bonchev–Trinajstić information content (AvgIpc) is 2.45. The lowest BCUT2D eigenvalue weighted by atomic mass is 10.2. The molecule has 0 atom stereocenters. The summed E-state index contributed by atoms with van der Waals surface area (Å²) in [7, 11) is -3.70. The van der Waals surface area contributed by atoms with Gasteiger partial charge >= 0.3 is 5.97 Å². The molecule has 2 N–H and O–H groups in total. The highest BCUT2D eigenvalue weighted by Crippen LogP contribution is 2.09. The number of aryl methyl sites for hydroxylation is 1. The van der Waals surface area contributed by atoms with Crippen molar-refractivity contribution < 1.29 is 23.1 Å². The van der Waals surface area contributed by atoms with E-state index in [4.69, 9.17) is 28.3 Å². The lowest BCUT2D eigenvalue weighted by molar-refractivity contribution is -0.135. The van der Waals surface area contributed by atoms with Gasteiger partial charge in [-0.3, -0.25) is 9.59 Å². The molecule has 0 radical (unpaired) electrons. The SMILES string of the molecule is Cc1ccc(S(=O)(=O)NCC(=O)O)cc1.O=C(CCl)CCl. The van der Waals surface area contributed by atoms with Crippen molar-refractivity contribution in [2.24, 2.45) is 0 Å². The van der Waals surface area contributed by atoms with Crippen molar-refractivity contribution >= 4 is 45.0 Å². The van der Waals surface area contributed by atoms with Crippen molar-refractivity contribution in [2.75, 3.05) is 18.3 Å². The first-order chi connectivity index (χ1) is 9.72. The zero-order valence-electron chi connectivity index (χ0n) is 11.2. The maximum Gasteiger partial charge on any atom is 0.318 e. The second-order valence-corrected chi connectivity index (χ2v) is 6.14. The molecule has 9 heteroatoms. The van der Waals surface area contributed by atoms with Gasteiger partial charge in [-0.1, -0.05) is 17.7 Å². The van der Waals surface area contributed by atoms with Crippen LogP contribution in [0.2, 0.25) is 0 Å². The number of halogens is 2. The number of Topliss-reactive ketones (excluding diaryl/α,β-unsaturated/α-hetero) is 1. The minimum absolute atomic E-state index is 0.0312. The Hall–Kier alpha value is -1.15. The summed E-state index contributed by atoms with van der Waals surface area (Å²) < 4.78 is 24.9. The zero-order chi connectivity index (χ0) is 16.5. The van der Waals surface area contributed by atoms with Gasteiger partial charge in [-0.05, 0) is 19.1 Å². The van der Waals surface area contributed by atoms with Gasteiger partial charge in [0, 0.05) is 0 Å². The van der Waals surface area contributed by atoms with Crippen LogP contribution in [0.5, 0.6) is 0 Å². The van der Waals surface area contributed by atoms with Crippen LogP contribution in [-0.2, 0) is 19.6 Å². The standard InChI is InChI=1S/C9H11NO4S.C3H4Cl2O/c1-7-2-4-8(5-3-7)15(13,14)10-6-9(11)12;4-1-3(6)2-5/h2-5,10H,6H2,1H3,(H,11,12);1-2H2. The molecule has 0 aromatic heterocycles. The molecule has 0 amide bonds. The van der Waals surface area contributed by atoms with Crippen molar-refractivity contribution in [1.29, 1.82) is 0 Å². The molecule has 0 saturated carbocycles. The van der Waals surface area contributed by atoms with Crippen LogP contribution in [-0.4, -0.2) is 43.6 Å². The monoisotopic (exact) mass is 355 g/mol. The number of carboxylic acids is 1. The van der Waals surface area contributed by atoms with Gasteiger partial charge in [-0.2, -0.15) is 4.72 Å². The van der Waals surface area contributed by atoms with Crippen LogP contribution in [0.3, 0.4) is 0 Å². The van der Waals surface area contributed by atoms with E-state index in [1.54, 1.807) is 12.1 Å². The van der Waals surface area contributed by atoms with Crippen LogP contribution in [0, 0.1) is 6.92 Å². The summed E-state index contributed by atoms with van der Waals surface area (Å²) in [4.78, 5) is 20.2. The predicted molar refractivity (Wildman–Crippen MR) is 80.5 cm³/mol. The second-order valence-electron chi connectivity index (χ2n) is 3.84. The van der Waals surface area contributed by atoms with Crippen LogP contribution in [0.25, 0.3) is 0 Å². The summed E-state index contributed by atoms with van der Waals surface area (Å²) in [6, 6.07) is 6.16. The molecular formula is C12H15Cl2NO5S. The fraction of sp³-hybridized carbons (Fsp3) is 0.333. The number of carbonyl (C=O) groups is 2. The Labute approximate surface area is 133 Å². The van der Waals surface area contributed by atoms with Gasteiger partial charge in [0.05, 0.1) is 16.7 Å². The van der Waals surface area contributed by atoms with Gasteiger partial charge in [0.15, 0.2) is 5.78 Å². The Bertz CT molecular complexity index is 566. The first-order valence-electron chi connectivity index (χ1n) is 5.64. The molecular weight excluding hydrogens is 341 g/mol. The van der Waals surface area contributed by atoms with Crippen LogP contribution in [0.1, 0.15) is 5.56 Å². The molecule has 21 heavy (non-hydrogen) atoms. The van der Waals surface area contributed by atoms with E-state index >= 15 is 0 Å². The molecule has 118 valence electrons. The minimum atomic E-state index is -3.70. The van der Waals surface area contributed by atoms with E-state index in [-0.39, 0.29) is 22.4 Å². The molecule has 0 fully saturated rings. The first-order valence-corrected chi connectivity index (χ1v) is 8.20. The zero-order valence-corrected chi connectivity index (χ0v) is 13.5. The van der Waals surface area contributed by atoms with E-state index in [1.807, 2.05) is 11.6 Å². The molecule has 0 aliphatic carbocycles. The number of alkyl halides is 2. The Morgan fingerprint density at radius 1 is 1.14 bits per heavy atom. The lowest BCUT2D eigenvalue weighted by Crippen LogP contribution is -2.29. The van der Waals surface area contributed by atoms with Crippen LogP contribution in [0.15, 0.2) is 29.2 Å². The summed E-state index contributed by atoms with van der Waals surface area (Å²) in [5.41, 5.74) is 0.937. The first kappa shape index (κ1) is 19.9. The lowest BCUT2D eigenvalue weighted by Gasteiger charge is -2.04. The van der Waals surface area contributed by atoms with E-state index in [0.717, 1.165) is 5.56 Å². The molecule has 6 nitrogen and oxygen atoms in total. The van der Waals surface area contributed by atoms with E-state index in [2.05, 4.69) is 0 Å². The quantitative estimate of drug-likeness (QED) is 0.751. The highest BCUT2D eigenvalue weighted by Gasteiger charge is 2.14. The Kier molecular flexibility index (Phi) is 9.19. The second kappa shape index (κ2) is 9.73. The maximum atomic E-state index is 11.5. The number of sulfonamides is 1. The van der Waals surface area contributed by atoms with E-state index in [1.165, 1.54) is 12.1 Å². The van der Waals surface area contributed by atoms with E-state index in [0.29, 0.717) is 0 Å². The van der Waals surface area contributed by atoms with Gasteiger partial charge < -0.3 is 5.11 Å². The van der Waals surface area contributed by atoms with Crippen molar-refractivity contribution in [3.63, 3.8) is 0 Å². The van der Waals surface area contributed by atoms with Crippen LogP contribution >= 0.6 is 23.2 Å².